The summed E-state index contributed by atoms with van der Waals surface area (Å²) >= 11 is 6.01. The molecule has 8 heteroatoms. The number of sulfonamides is 1. The number of aryl methyl sites for hydroxylation is 1. The third-order valence-electron chi connectivity index (χ3n) is 6.55. The Morgan fingerprint density at radius 2 is 1.93 bits per heavy atom. The van der Waals surface area contributed by atoms with Crippen molar-refractivity contribution in [3.63, 3.8) is 0 Å². The Morgan fingerprint density at radius 1 is 1.21 bits per heavy atom. The molecule has 29 heavy (non-hydrogen) atoms. The molecule has 0 atom stereocenters. The lowest BCUT2D eigenvalue weighted by Crippen LogP contribution is -2.63. The number of rotatable bonds is 3. The van der Waals surface area contributed by atoms with Gasteiger partial charge in [0, 0.05) is 30.7 Å². The third-order valence-corrected chi connectivity index (χ3v) is 8.84. The summed E-state index contributed by atoms with van der Waals surface area (Å²) in [6.45, 7) is 4.52. The van der Waals surface area contributed by atoms with Crippen LogP contribution in [-0.2, 0) is 10.0 Å². The average molecular weight is 439 g/mol. The summed E-state index contributed by atoms with van der Waals surface area (Å²) in [6, 6.07) is 5.48. The minimum Gasteiger partial charge on any atom is -0.370 e. The predicted molar refractivity (Wildman–Crippen MR) is 117 cm³/mol. The molecule has 2 aliphatic heterocycles. The number of hydrogen-bond donors (Lipinski definition) is 2. The number of halogens is 1. The first kappa shape index (κ1) is 21.1. The van der Waals surface area contributed by atoms with Crippen molar-refractivity contribution in [1.29, 1.82) is 0 Å². The van der Waals surface area contributed by atoms with Gasteiger partial charge in [0.2, 0.25) is 10.0 Å². The predicted octanol–water partition coefficient (Wildman–Crippen LogP) is 3.10. The molecule has 1 spiro atoms. The fraction of sp³-hybridized carbons (Fsp3) is 0.667. The van der Waals surface area contributed by atoms with Gasteiger partial charge in [-0.05, 0) is 69.3 Å². The first-order valence-electron chi connectivity index (χ1n) is 10.7. The molecule has 6 nitrogen and oxygen atoms in total. The van der Waals surface area contributed by atoms with Crippen LogP contribution in [0.25, 0.3) is 0 Å². The van der Waals surface area contributed by atoms with E-state index in [0.717, 1.165) is 38.2 Å². The molecule has 1 aromatic rings. The molecule has 0 unspecified atom stereocenters. The van der Waals surface area contributed by atoms with E-state index >= 15 is 0 Å². The maximum absolute atomic E-state index is 13.2. The molecule has 4 rings (SSSR count). The topological polar surface area (TPSA) is 73.8 Å². The van der Waals surface area contributed by atoms with Gasteiger partial charge in [-0.25, -0.2) is 8.42 Å². The number of nitrogens with zero attached hydrogens (tertiary/aromatic N) is 2. The molecule has 1 aliphatic carbocycles. The van der Waals surface area contributed by atoms with E-state index in [1.807, 2.05) is 0 Å². The van der Waals surface area contributed by atoms with Gasteiger partial charge >= 0.3 is 0 Å². The molecule has 2 fully saturated rings. The van der Waals surface area contributed by atoms with E-state index in [1.54, 1.807) is 29.4 Å². The second kappa shape index (κ2) is 8.53. The molecular formula is C21H31ClN4O2S. The van der Waals surface area contributed by atoms with E-state index in [9.17, 15) is 8.42 Å². The highest BCUT2D eigenvalue weighted by molar-refractivity contribution is 7.89. The number of benzene rings is 1. The SMILES string of the molecule is Cc1cc(Cl)ccc1S(=O)(=O)N1CCC2(CC1)NCCCN=C2NC1CCCC1. The number of piperidine rings is 1. The van der Waals surface area contributed by atoms with Gasteiger partial charge in [-0.2, -0.15) is 4.31 Å². The fourth-order valence-electron chi connectivity index (χ4n) is 4.84. The maximum atomic E-state index is 13.2. The van der Waals surface area contributed by atoms with Crippen molar-refractivity contribution in [3.8, 4) is 0 Å². The Balaban J connectivity index is 1.51. The van der Waals surface area contributed by atoms with Crippen molar-refractivity contribution in [2.75, 3.05) is 26.2 Å². The van der Waals surface area contributed by atoms with Gasteiger partial charge in [-0.1, -0.05) is 24.4 Å². The Hall–Kier alpha value is -1.15. The van der Waals surface area contributed by atoms with Crippen molar-refractivity contribution in [3.05, 3.63) is 28.8 Å². The molecule has 0 bridgehead atoms. The Labute approximate surface area is 179 Å². The lowest BCUT2D eigenvalue weighted by molar-refractivity contribution is 0.247. The largest absolute Gasteiger partial charge is 0.370 e. The number of amidine groups is 1. The van der Waals surface area contributed by atoms with Crippen molar-refractivity contribution >= 4 is 27.5 Å². The molecule has 1 saturated heterocycles. The molecule has 1 aromatic carbocycles. The van der Waals surface area contributed by atoms with Gasteiger partial charge < -0.3 is 10.6 Å². The third kappa shape index (κ3) is 4.33. The summed E-state index contributed by atoms with van der Waals surface area (Å²) in [5.41, 5.74) is 0.454. The molecule has 0 aromatic heterocycles. The van der Waals surface area contributed by atoms with Crippen LogP contribution in [-0.4, -0.2) is 56.3 Å². The van der Waals surface area contributed by atoms with Gasteiger partial charge in [0.15, 0.2) is 0 Å². The number of aliphatic imine (C=N–C) groups is 1. The summed E-state index contributed by atoms with van der Waals surface area (Å²) in [7, 11) is -3.53. The smallest absolute Gasteiger partial charge is 0.243 e. The highest BCUT2D eigenvalue weighted by atomic mass is 35.5. The lowest BCUT2D eigenvalue weighted by atomic mass is 9.86. The Bertz CT molecular complexity index is 873. The van der Waals surface area contributed by atoms with Crippen LogP contribution in [0.4, 0.5) is 0 Å². The summed E-state index contributed by atoms with van der Waals surface area (Å²) in [5.74, 6) is 1.06. The van der Waals surface area contributed by atoms with Crippen LogP contribution in [0.3, 0.4) is 0 Å². The molecule has 2 N–H and O–H groups in total. The van der Waals surface area contributed by atoms with Crippen LogP contribution in [0, 0.1) is 6.92 Å². The molecular weight excluding hydrogens is 408 g/mol. The summed E-state index contributed by atoms with van der Waals surface area (Å²) in [4.78, 5) is 5.24. The molecule has 1 saturated carbocycles. The normalized spacial score (nSPS) is 23.7. The minimum absolute atomic E-state index is 0.236. The zero-order valence-electron chi connectivity index (χ0n) is 17.1. The van der Waals surface area contributed by atoms with Crippen molar-refractivity contribution in [2.24, 2.45) is 4.99 Å². The van der Waals surface area contributed by atoms with Crippen LogP contribution >= 0.6 is 11.6 Å². The van der Waals surface area contributed by atoms with Gasteiger partial charge in [-0.15, -0.1) is 0 Å². The van der Waals surface area contributed by atoms with Crippen molar-refractivity contribution in [1.82, 2.24) is 14.9 Å². The van der Waals surface area contributed by atoms with E-state index < -0.39 is 10.0 Å². The second-order valence-corrected chi connectivity index (χ2v) is 10.9. The molecule has 0 radical (unpaired) electrons. The first-order valence-corrected chi connectivity index (χ1v) is 12.6. The lowest BCUT2D eigenvalue weighted by Gasteiger charge is -2.43. The van der Waals surface area contributed by atoms with E-state index in [1.165, 1.54) is 25.7 Å². The van der Waals surface area contributed by atoms with E-state index in [2.05, 4.69) is 10.6 Å². The quantitative estimate of drug-likeness (QED) is 0.760. The van der Waals surface area contributed by atoms with E-state index in [4.69, 9.17) is 16.6 Å². The van der Waals surface area contributed by atoms with Gasteiger partial charge in [0.1, 0.15) is 5.84 Å². The summed E-state index contributed by atoms with van der Waals surface area (Å²) < 4.78 is 28.1. The van der Waals surface area contributed by atoms with Gasteiger partial charge in [-0.3, -0.25) is 4.99 Å². The summed E-state index contributed by atoms with van der Waals surface area (Å²) in [6.07, 6.45) is 7.44. The van der Waals surface area contributed by atoms with E-state index in [-0.39, 0.29) is 5.54 Å². The average Bonchev–Trinajstić information content (AvgIpc) is 3.13. The zero-order chi connectivity index (χ0) is 20.5. The molecule has 2 heterocycles. The fourth-order valence-corrected chi connectivity index (χ4v) is 6.72. The number of nitrogens with one attached hydrogen (secondary N) is 2. The second-order valence-electron chi connectivity index (χ2n) is 8.53. The van der Waals surface area contributed by atoms with Crippen LogP contribution in [0.2, 0.25) is 5.02 Å². The summed E-state index contributed by atoms with van der Waals surface area (Å²) in [5, 5.41) is 8.00. The van der Waals surface area contributed by atoms with Gasteiger partial charge in [0.25, 0.3) is 0 Å². The minimum atomic E-state index is -3.53. The van der Waals surface area contributed by atoms with Crippen LogP contribution in [0.1, 0.15) is 50.5 Å². The monoisotopic (exact) mass is 438 g/mol. The van der Waals surface area contributed by atoms with Crippen LogP contribution in [0.5, 0.6) is 0 Å². The first-order chi connectivity index (χ1) is 13.9. The molecule has 160 valence electrons. The van der Waals surface area contributed by atoms with Crippen LogP contribution in [0.15, 0.2) is 28.1 Å². The standard InChI is InChI=1S/C21H31ClN4O2S/c1-16-15-17(22)7-8-19(16)29(27,28)26-13-9-21(10-14-26)20(23-11-4-12-24-21)25-18-5-2-3-6-18/h7-8,15,18,24H,2-6,9-14H2,1H3,(H,23,25). The van der Waals surface area contributed by atoms with E-state index in [0.29, 0.717) is 34.6 Å². The number of hydrogen-bond acceptors (Lipinski definition) is 5. The Morgan fingerprint density at radius 3 is 2.62 bits per heavy atom. The highest BCUT2D eigenvalue weighted by Gasteiger charge is 2.43. The van der Waals surface area contributed by atoms with Crippen LogP contribution < -0.4 is 10.6 Å². The zero-order valence-corrected chi connectivity index (χ0v) is 18.7. The maximum Gasteiger partial charge on any atom is 0.243 e. The highest BCUT2D eigenvalue weighted by Crippen LogP contribution is 2.31. The van der Waals surface area contributed by atoms with Gasteiger partial charge in [0.05, 0.1) is 10.4 Å². The van der Waals surface area contributed by atoms with Crippen molar-refractivity contribution < 1.29 is 8.42 Å². The van der Waals surface area contributed by atoms with Crippen molar-refractivity contribution in [2.45, 2.75) is 68.3 Å². The Kier molecular flexibility index (Phi) is 6.21. The molecule has 0 amide bonds. The molecule has 3 aliphatic rings.